The van der Waals surface area contributed by atoms with Crippen LogP contribution in [0, 0.1) is 12.8 Å². The summed E-state index contributed by atoms with van der Waals surface area (Å²) in [7, 11) is 1.90. The van der Waals surface area contributed by atoms with Crippen molar-refractivity contribution in [3.63, 3.8) is 0 Å². The average Bonchev–Trinajstić information content (AvgIpc) is 2.87. The SMILES string of the molecule is Cc1cccnc1OCC1CCN(C2CCN(C)C2=O)CC1. The second-order valence-electron chi connectivity index (χ2n) is 6.48. The summed E-state index contributed by atoms with van der Waals surface area (Å²) in [5.74, 6) is 1.60. The number of ether oxygens (including phenoxy) is 1. The topological polar surface area (TPSA) is 45.7 Å². The Bertz CT molecular complexity index is 526. The molecule has 0 aromatic carbocycles. The highest BCUT2D eigenvalue weighted by Gasteiger charge is 2.35. The minimum Gasteiger partial charge on any atom is -0.477 e. The number of rotatable bonds is 4. The normalized spacial score (nSPS) is 24.0. The molecule has 3 rings (SSSR count). The number of hydrogen-bond donors (Lipinski definition) is 0. The lowest BCUT2D eigenvalue weighted by Gasteiger charge is -2.34. The van der Waals surface area contributed by atoms with E-state index in [1.807, 2.05) is 31.0 Å². The van der Waals surface area contributed by atoms with Crippen molar-refractivity contribution in [3.05, 3.63) is 23.9 Å². The van der Waals surface area contributed by atoms with Crippen LogP contribution in [0.4, 0.5) is 0 Å². The molecule has 1 unspecified atom stereocenters. The first-order valence-corrected chi connectivity index (χ1v) is 8.18. The number of aryl methyl sites for hydroxylation is 1. The van der Waals surface area contributed by atoms with Crippen molar-refractivity contribution >= 4 is 5.91 Å². The zero-order valence-corrected chi connectivity index (χ0v) is 13.5. The smallest absolute Gasteiger partial charge is 0.239 e. The number of nitrogens with zero attached hydrogens (tertiary/aromatic N) is 3. The second kappa shape index (κ2) is 6.65. The van der Waals surface area contributed by atoms with E-state index >= 15 is 0 Å². The van der Waals surface area contributed by atoms with Crippen molar-refractivity contribution in [2.45, 2.75) is 32.2 Å². The van der Waals surface area contributed by atoms with Gasteiger partial charge in [-0.3, -0.25) is 9.69 Å². The van der Waals surface area contributed by atoms with Crippen molar-refractivity contribution in [1.29, 1.82) is 0 Å². The summed E-state index contributed by atoms with van der Waals surface area (Å²) in [5, 5.41) is 0. The van der Waals surface area contributed by atoms with Crippen LogP contribution in [0.5, 0.6) is 5.88 Å². The van der Waals surface area contributed by atoms with Crippen LogP contribution < -0.4 is 4.74 Å². The first-order chi connectivity index (χ1) is 10.6. The Morgan fingerprint density at radius 2 is 2.05 bits per heavy atom. The zero-order chi connectivity index (χ0) is 15.5. The van der Waals surface area contributed by atoms with Crippen LogP contribution in [0.25, 0.3) is 0 Å². The van der Waals surface area contributed by atoms with Gasteiger partial charge < -0.3 is 9.64 Å². The van der Waals surface area contributed by atoms with Gasteiger partial charge in [0, 0.05) is 25.4 Å². The Balaban J connectivity index is 1.46. The van der Waals surface area contributed by atoms with Crippen LogP contribution in [0.2, 0.25) is 0 Å². The maximum Gasteiger partial charge on any atom is 0.239 e. The fourth-order valence-corrected chi connectivity index (χ4v) is 3.39. The summed E-state index contributed by atoms with van der Waals surface area (Å²) in [6, 6.07) is 4.06. The van der Waals surface area contributed by atoms with E-state index in [-0.39, 0.29) is 6.04 Å². The molecule has 3 heterocycles. The minimum atomic E-state index is 0.116. The summed E-state index contributed by atoms with van der Waals surface area (Å²) in [5.41, 5.74) is 1.08. The predicted octanol–water partition coefficient (Wildman–Crippen LogP) is 1.71. The van der Waals surface area contributed by atoms with E-state index in [1.54, 1.807) is 6.20 Å². The first-order valence-electron chi connectivity index (χ1n) is 8.18. The number of likely N-dealkylation sites (tertiary alicyclic amines) is 2. The highest BCUT2D eigenvalue weighted by Crippen LogP contribution is 2.24. The highest BCUT2D eigenvalue weighted by molar-refractivity contribution is 5.83. The third kappa shape index (κ3) is 3.24. The molecule has 22 heavy (non-hydrogen) atoms. The molecule has 2 fully saturated rings. The molecule has 1 aromatic rings. The van der Waals surface area contributed by atoms with Crippen LogP contribution in [-0.2, 0) is 4.79 Å². The predicted molar refractivity (Wildman–Crippen MR) is 84.8 cm³/mol. The van der Waals surface area contributed by atoms with Crippen molar-refractivity contribution < 1.29 is 9.53 Å². The molecule has 0 aliphatic carbocycles. The molecule has 1 atom stereocenters. The number of likely N-dealkylation sites (N-methyl/N-ethyl adjacent to an activating group) is 1. The Morgan fingerprint density at radius 1 is 1.27 bits per heavy atom. The minimum absolute atomic E-state index is 0.116. The van der Waals surface area contributed by atoms with E-state index in [0.717, 1.165) is 56.9 Å². The van der Waals surface area contributed by atoms with Gasteiger partial charge >= 0.3 is 0 Å². The summed E-state index contributed by atoms with van der Waals surface area (Å²) in [6.45, 7) is 5.64. The molecular formula is C17H25N3O2. The van der Waals surface area contributed by atoms with Crippen molar-refractivity contribution in [3.8, 4) is 5.88 Å². The molecular weight excluding hydrogens is 278 g/mol. The molecule has 5 heteroatoms. The Kier molecular flexibility index (Phi) is 4.62. The maximum absolute atomic E-state index is 12.1. The van der Waals surface area contributed by atoms with Crippen molar-refractivity contribution in [1.82, 2.24) is 14.8 Å². The van der Waals surface area contributed by atoms with Gasteiger partial charge in [0.05, 0.1) is 12.6 Å². The van der Waals surface area contributed by atoms with Crippen LogP contribution in [0.15, 0.2) is 18.3 Å². The number of carbonyl (C=O) groups excluding carboxylic acids is 1. The molecule has 2 aliphatic heterocycles. The highest BCUT2D eigenvalue weighted by atomic mass is 16.5. The van der Waals surface area contributed by atoms with Crippen molar-refractivity contribution in [2.24, 2.45) is 5.92 Å². The van der Waals surface area contributed by atoms with Crippen LogP contribution in [0.1, 0.15) is 24.8 Å². The molecule has 0 saturated carbocycles. The van der Waals surface area contributed by atoms with E-state index in [2.05, 4.69) is 9.88 Å². The molecule has 120 valence electrons. The van der Waals surface area contributed by atoms with Gasteiger partial charge in [0.15, 0.2) is 0 Å². The van der Waals surface area contributed by atoms with E-state index in [9.17, 15) is 4.79 Å². The number of pyridine rings is 1. The molecule has 2 aliphatic rings. The van der Waals surface area contributed by atoms with Gasteiger partial charge in [-0.15, -0.1) is 0 Å². The van der Waals surface area contributed by atoms with Gasteiger partial charge in [-0.25, -0.2) is 4.98 Å². The molecule has 0 bridgehead atoms. The van der Waals surface area contributed by atoms with Crippen LogP contribution >= 0.6 is 0 Å². The third-order valence-electron chi connectivity index (χ3n) is 4.91. The largest absolute Gasteiger partial charge is 0.477 e. The lowest BCUT2D eigenvalue weighted by atomic mass is 9.96. The van der Waals surface area contributed by atoms with Gasteiger partial charge in [0.25, 0.3) is 0 Å². The van der Waals surface area contributed by atoms with E-state index in [1.165, 1.54) is 0 Å². The van der Waals surface area contributed by atoms with Gasteiger partial charge in [-0.2, -0.15) is 0 Å². The standard InChI is InChI=1S/C17H25N3O2/c1-13-4-3-8-18-16(13)22-12-14-5-10-20(11-6-14)15-7-9-19(2)17(15)21/h3-4,8,14-15H,5-7,9-12H2,1-2H3. The number of hydrogen-bond acceptors (Lipinski definition) is 4. The Hall–Kier alpha value is -1.62. The number of piperidine rings is 1. The summed E-state index contributed by atoms with van der Waals surface area (Å²) >= 11 is 0. The number of amides is 1. The Morgan fingerprint density at radius 3 is 2.68 bits per heavy atom. The number of carbonyl (C=O) groups is 1. The average molecular weight is 303 g/mol. The second-order valence-corrected chi connectivity index (χ2v) is 6.48. The molecule has 1 aromatic heterocycles. The molecule has 0 radical (unpaired) electrons. The van der Waals surface area contributed by atoms with E-state index < -0.39 is 0 Å². The van der Waals surface area contributed by atoms with E-state index in [4.69, 9.17) is 4.74 Å². The fraction of sp³-hybridized carbons (Fsp3) is 0.647. The zero-order valence-electron chi connectivity index (χ0n) is 13.5. The van der Waals surface area contributed by atoms with Crippen LogP contribution in [-0.4, -0.2) is 60.0 Å². The van der Waals surface area contributed by atoms with E-state index in [0.29, 0.717) is 11.8 Å². The van der Waals surface area contributed by atoms with Crippen LogP contribution in [0.3, 0.4) is 0 Å². The fourth-order valence-electron chi connectivity index (χ4n) is 3.39. The van der Waals surface area contributed by atoms with Gasteiger partial charge in [0.1, 0.15) is 0 Å². The maximum atomic E-state index is 12.1. The van der Waals surface area contributed by atoms with Gasteiger partial charge in [-0.05, 0) is 51.3 Å². The summed E-state index contributed by atoms with van der Waals surface area (Å²) in [6.07, 6.45) is 4.94. The molecule has 2 saturated heterocycles. The lowest BCUT2D eigenvalue weighted by Crippen LogP contribution is -2.45. The summed E-state index contributed by atoms with van der Waals surface area (Å²) in [4.78, 5) is 20.6. The number of aromatic nitrogens is 1. The quantitative estimate of drug-likeness (QED) is 0.849. The van der Waals surface area contributed by atoms with Crippen molar-refractivity contribution in [2.75, 3.05) is 33.3 Å². The molecule has 0 spiro atoms. The molecule has 0 N–H and O–H groups in total. The molecule has 5 nitrogen and oxygen atoms in total. The summed E-state index contributed by atoms with van der Waals surface area (Å²) < 4.78 is 5.87. The third-order valence-corrected chi connectivity index (χ3v) is 4.91. The monoisotopic (exact) mass is 303 g/mol. The lowest BCUT2D eigenvalue weighted by molar-refractivity contribution is -0.131. The van der Waals surface area contributed by atoms with Gasteiger partial charge in [0.2, 0.25) is 11.8 Å². The Labute approximate surface area is 132 Å². The molecule has 1 amide bonds. The first kappa shape index (κ1) is 15.3. The van der Waals surface area contributed by atoms with Gasteiger partial charge in [-0.1, -0.05) is 6.07 Å².